The Hall–Kier alpha value is -2.74. The van der Waals surface area contributed by atoms with E-state index >= 15 is 0 Å². The van der Waals surface area contributed by atoms with Crippen LogP contribution in [-0.2, 0) is 11.3 Å². The van der Waals surface area contributed by atoms with Gasteiger partial charge in [-0.1, -0.05) is 36.3 Å². The summed E-state index contributed by atoms with van der Waals surface area (Å²) in [7, 11) is 0. The molecule has 0 aliphatic heterocycles. The number of hydrogen-bond acceptors (Lipinski definition) is 3. The number of nitrogens with one attached hydrogen (secondary N) is 1. The van der Waals surface area contributed by atoms with Crippen LogP contribution in [0.25, 0.3) is 0 Å². The first-order valence-corrected chi connectivity index (χ1v) is 6.70. The first-order chi connectivity index (χ1) is 10.2. The Morgan fingerprint density at radius 1 is 1.48 bits per heavy atom. The summed E-state index contributed by atoms with van der Waals surface area (Å²) in [4.78, 5) is 12.0. The second-order valence-electron chi connectivity index (χ2n) is 4.45. The summed E-state index contributed by atoms with van der Waals surface area (Å²) < 4.78 is 6.96. The molecule has 1 amide bonds. The van der Waals surface area contributed by atoms with Gasteiger partial charge in [-0.2, -0.15) is 5.10 Å². The van der Waals surface area contributed by atoms with E-state index in [1.807, 2.05) is 44.2 Å². The SMILES string of the molecule is C#Cc1cnn(CC)c1NC(=O)O[C@H](C)c1ccccc1. The van der Waals surface area contributed by atoms with Gasteiger partial charge >= 0.3 is 6.09 Å². The smallest absolute Gasteiger partial charge is 0.413 e. The molecule has 5 heteroatoms. The van der Waals surface area contributed by atoms with E-state index in [-0.39, 0.29) is 6.10 Å². The molecular formula is C16H17N3O2. The zero-order valence-corrected chi connectivity index (χ0v) is 12.0. The summed E-state index contributed by atoms with van der Waals surface area (Å²) in [5.74, 6) is 2.96. The number of anilines is 1. The fraction of sp³-hybridized carbons (Fsp3) is 0.250. The molecule has 2 aromatic rings. The van der Waals surface area contributed by atoms with E-state index in [1.54, 1.807) is 10.9 Å². The van der Waals surface area contributed by atoms with E-state index in [9.17, 15) is 4.79 Å². The summed E-state index contributed by atoms with van der Waals surface area (Å²) >= 11 is 0. The third kappa shape index (κ3) is 3.42. The lowest BCUT2D eigenvalue weighted by Gasteiger charge is -2.14. The van der Waals surface area contributed by atoms with Gasteiger partial charge in [0.1, 0.15) is 11.9 Å². The zero-order valence-electron chi connectivity index (χ0n) is 12.0. The molecule has 0 fully saturated rings. The lowest BCUT2D eigenvalue weighted by molar-refractivity contribution is 0.121. The molecule has 108 valence electrons. The van der Waals surface area contributed by atoms with E-state index in [0.29, 0.717) is 17.9 Å². The van der Waals surface area contributed by atoms with Gasteiger partial charge in [0.05, 0.1) is 11.8 Å². The van der Waals surface area contributed by atoms with Crippen molar-refractivity contribution in [2.24, 2.45) is 0 Å². The Morgan fingerprint density at radius 3 is 2.81 bits per heavy atom. The second-order valence-corrected chi connectivity index (χ2v) is 4.45. The zero-order chi connectivity index (χ0) is 15.2. The average molecular weight is 283 g/mol. The van der Waals surface area contributed by atoms with Crippen LogP contribution in [0.15, 0.2) is 36.5 Å². The molecule has 1 atom stereocenters. The van der Waals surface area contributed by atoms with Crippen LogP contribution in [0.2, 0.25) is 0 Å². The Balaban J connectivity index is 2.06. The minimum absolute atomic E-state index is 0.349. The lowest BCUT2D eigenvalue weighted by atomic mass is 10.1. The molecule has 5 nitrogen and oxygen atoms in total. The van der Waals surface area contributed by atoms with Gasteiger partial charge in [0.25, 0.3) is 0 Å². The first kappa shape index (κ1) is 14.7. The third-order valence-corrected chi connectivity index (χ3v) is 3.07. The number of amides is 1. The molecule has 0 unspecified atom stereocenters. The molecule has 0 radical (unpaired) electrons. The number of nitrogens with zero attached hydrogens (tertiary/aromatic N) is 2. The van der Waals surface area contributed by atoms with Crippen LogP contribution < -0.4 is 5.32 Å². The van der Waals surface area contributed by atoms with Crippen LogP contribution in [0.1, 0.15) is 31.1 Å². The molecule has 1 aromatic heterocycles. The molecule has 1 aromatic carbocycles. The number of aromatic nitrogens is 2. The van der Waals surface area contributed by atoms with Gasteiger partial charge in [-0.05, 0) is 19.4 Å². The Bertz CT molecular complexity index is 656. The largest absolute Gasteiger partial charge is 0.441 e. The highest BCUT2D eigenvalue weighted by Crippen LogP contribution is 2.19. The van der Waals surface area contributed by atoms with E-state index in [2.05, 4.69) is 16.3 Å². The van der Waals surface area contributed by atoms with E-state index in [0.717, 1.165) is 5.56 Å². The van der Waals surface area contributed by atoms with Gasteiger partial charge < -0.3 is 4.74 Å². The number of benzene rings is 1. The fourth-order valence-corrected chi connectivity index (χ4v) is 1.94. The minimum Gasteiger partial charge on any atom is -0.441 e. The number of carbonyl (C=O) groups is 1. The average Bonchev–Trinajstić information content (AvgIpc) is 2.89. The van der Waals surface area contributed by atoms with Crippen LogP contribution in [0.4, 0.5) is 10.6 Å². The lowest BCUT2D eigenvalue weighted by Crippen LogP contribution is -2.19. The molecule has 21 heavy (non-hydrogen) atoms. The predicted octanol–water partition coefficient (Wildman–Crippen LogP) is 3.19. The number of hydrogen-bond donors (Lipinski definition) is 1. The van der Waals surface area contributed by atoms with Crippen LogP contribution >= 0.6 is 0 Å². The van der Waals surface area contributed by atoms with E-state index in [1.165, 1.54) is 0 Å². The summed E-state index contributed by atoms with van der Waals surface area (Å²) in [5, 5.41) is 6.76. The second kappa shape index (κ2) is 6.62. The quantitative estimate of drug-likeness (QED) is 0.877. The van der Waals surface area contributed by atoms with Crippen LogP contribution in [0, 0.1) is 12.3 Å². The number of aryl methyl sites for hydroxylation is 1. The van der Waals surface area contributed by atoms with Gasteiger partial charge in [0.2, 0.25) is 0 Å². The van der Waals surface area contributed by atoms with Crippen molar-refractivity contribution in [2.75, 3.05) is 5.32 Å². The highest BCUT2D eigenvalue weighted by molar-refractivity contribution is 5.85. The molecule has 0 aliphatic carbocycles. The van der Waals surface area contributed by atoms with Gasteiger partial charge in [0, 0.05) is 6.54 Å². The van der Waals surface area contributed by atoms with Crippen molar-refractivity contribution in [3.05, 3.63) is 47.7 Å². The molecule has 1 heterocycles. The molecule has 0 aliphatic rings. The highest BCUT2D eigenvalue weighted by Gasteiger charge is 2.15. The summed E-state index contributed by atoms with van der Waals surface area (Å²) in [6, 6.07) is 9.52. The summed E-state index contributed by atoms with van der Waals surface area (Å²) in [6.45, 7) is 4.33. The monoisotopic (exact) mass is 283 g/mol. The van der Waals surface area contributed by atoms with Gasteiger partial charge in [-0.3, -0.25) is 5.32 Å². The van der Waals surface area contributed by atoms with Crippen molar-refractivity contribution >= 4 is 11.9 Å². The molecule has 0 bridgehead atoms. The number of ether oxygens (including phenoxy) is 1. The van der Waals surface area contributed by atoms with Crippen LogP contribution in [0.5, 0.6) is 0 Å². The standard InChI is InChI=1S/C16H17N3O2/c1-4-13-11-17-19(5-2)15(13)18-16(20)21-12(3)14-9-7-6-8-10-14/h1,6-12H,5H2,2-3H3,(H,18,20)/t12-/m1/s1. The number of rotatable bonds is 4. The maximum absolute atomic E-state index is 12.0. The Kier molecular flexibility index (Phi) is 4.62. The summed E-state index contributed by atoms with van der Waals surface area (Å²) in [5.41, 5.74) is 1.45. The maximum atomic E-state index is 12.0. The fourth-order valence-electron chi connectivity index (χ4n) is 1.94. The van der Waals surface area contributed by atoms with Crippen LogP contribution in [0.3, 0.4) is 0 Å². The molecular weight excluding hydrogens is 266 g/mol. The van der Waals surface area contributed by atoms with Crippen molar-refractivity contribution in [2.45, 2.75) is 26.5 Å². The van der Waals surface area contributed by atoms with E-state index in [4.69, 9.17) is 11.2 Å². The predicted molar refractivity (Wildman–Crippen MR) is 80.8 cm³/mol. The van der Waals surface area contributed by atoms with Gasteiger partial charge in [-0.25, -0.2) is 9.48 Å². The first-order valence-electron chi connectivity index (χ1n) is 6.70. The van der Waals surface area contributed by atoms with Crippen molar-refractivity contribution in [1.82, 2.24) is 9.78 Å². The molecule has 0 spiro atoms. The van der Waals surface area contributed by atoms with Crippen molar-refractivity contribution in [3.63, 3.8) is 0 Å². The van der Waals surface area contributed by atoms with Gasteiger partial charge in [0.15, 0.2) is 0 Å². The van der Waals surface area contributed by atoms with E-state index < -0.39 is 6.09 Å². The minimum atomic E-state index is -0.557. The number of terminal acetylenes is 1. The Morgan fingerprint density at radius 2 is 2.19 bits per heavy atom. The van der Waals surface area contributed by atoms with Crippen molar-refractivity contribution in [1.29, 1.82) is 0 Å². The molecule has 1 N–H and O–H groups in total. The van der Waals surface area contributed by atoms with Crippen molar-refractivity contribution in [3.8, 4) is 12.3 Å². The highest BCUT2D eigenvalue weighted by atomic mass is 16.6. The normalized spacial score (nSPS) is 11.5. The topological polar surface area (TPSA) is 56.2 Å². The third-order valence-electron chi connectivity index (χ3n) is 3.07. The molecule has 0 saturated carbocycles. The van der Waals surface area contributed by atoms with Crippen LogP contribution in [-0.4, -0.2) is 15.9 Å². The molecule has 2 rings (SSSR count). The Labute approximate surface area is 123 Å². The van der Waals surface area contributed by atoms with Gasteiger partial charge in [-0.15, -0.1) is 6.42 Å². The number of carbonyl (C=O) groups excluding carboxylic acids is 1. The van der Waals surface area contributed by atoms with Crippen molar-refractivity contribution < 1.29 is 9.53 Å². The maximum Gasteiger partial charge on any atom is 0.413 e. The molecule has 0 saturated heterocycles. The summed E-state index contributed by atoms with van der Waals surface area (Å²) in [6.07, 6.45) is 6.03.